The van der Waals surface area contributed by atoms with Crippen molar-refractivity contribution in [3.63, 3.8) is 0 Å². The van der Waals surface area contributed by atoms with Gasteiger partial charge in [0.15, 0.2) is 0 Å². The van der Waals surface area contributed by atoms with E-state index in [2.05, 4.69) is 6.92 Å². The first-order chi connectivity index (χ1) is 13.8. The van der Waals surface area contributed by atoms with Gasteiger partial charge >= 0.3 is 11.9 Å². The van der Waals surface area contributed by atoms with Crippen molar-refractivity contribution in [2.75, 3.05) is 14.2 Å². The van der Waals surface area contributed by atoms with E-state index in [1.54, 1.807) is 7.11 Å². The molecule has 0 aliphatic rings. The zero-order chi connectivity index (χ0) is 21.8. The lowest BCUT2D eigenvalue weighted by Crippen LogP contribution is -2.42. The van der Waals surface area contributed by atoms with Gasteiger partial charge in [-0.2, -0.15) is 0 Å². The second-order valence-electron chi connectivity index (χ2n) is 7.69. The number of hydrogen-bond donors (Lipinski definition) is 0. The van der Waals surface area contributed by atoms with E-state index in [1.165, 1.54) is 7.11 Å². The molecule has 0 saturated heterocycles. The highest BCUT2D eigenvalue weighted by molar-refractivity contribution is 5.75. The topological polar surface area (TPSA) is 71.1 Å². The molecule has 0 saturated carbocycles. The predicted molar refractivity (Wildman–Crippen MR) is 112 cm³/mol. The van der Waals surface area contributed by atoms with Gasteiger partial charge in [-0.05, 0) is 37.0 Å². The molecule has 0 fully saturated rings. The van der Waals surface area contributed by atoms with Crippen molar-refractivity contribution < 1.29 is 28.5 Å². The minimum absolute atomic E-state index is 0.172. The van der Waals surface area contributed by atoms with Gasteiger partial charge in [0.05, 0.1) is 32.8 Å². The Morgan fingerprint density at radius 3 is 2.21 bits per heavy atom. The maximum atomic E-state index is 12.4. The molecule has 29 heavy (non-hydrogen) atoms. The standard InChI is InChI=1S/C23H36O6/c1-7-8-9-20(23(25)27-6)22(29-21(24)14-16(2)3)17(4)28-15-18-10-12-19(26-5)13-11-18/h10-13,16-17,20,22H,7-9,14-15H2,1-6H3/t17-,20+,22-/m0/s1. The van der Waals surface area contributed by atoms with Crippen molar-refractivity contribution in [1.82, 2.24) is 0 Å². The third kappa shape index (κ3) is 8.86. The lowest BCUT2D eigenvalue weighted by molar-refractivity contribution is -0.172. The molecule has 0 unspecified atom stereocenters. The first-order valence-electron chi connectivity index (χ1n) is 10.3. The third-order valence-corrected chi connectivity index (χ3v) is 4.75. The number of carbonyl (C=O) groups is 2. The molecule has 0 aliphatic carbocycles. The normalized spacial score (nSPS) is 14.2. The summed E-state index contributed by atoms with van der Waals surface area (Å²) in [5, 5.41) is 0. The molecule has 0 aliphatic heterocycles. The van der Waals surface area contributed by atoms with Gasteiger partial charge in [-0.15, -0.1) is 0 Å². The number of hydrogen-bond acceptors (Lipinski definition) is 6. The van der Waals surface area contributed by atoms with Crippen molar-refractivity contribution in [2.24, 2.45) is 11.8 Å². The Bertz CT molecular complexity index is 610. The van der Waals surface area contributed by atoms with Crippen LogP contribution in [0.15, 0.2) is 24.3 Å². The molecular weight excluding hydrogens is 372 g/mol. The molecule has 6 heteroatoms. The molecule has 0 bridgehead atoms. The molecule has 0 heterocycles. The van der Waals surface area contributed by atoms with Gasteiger partial charge in [0.2, 0.25) is 0 Å². The van der Waals surface area contributed by atoms with Crippen LogP contribution in [-0.2, 0) is 30.4 Å². The number of esters is 2. The van der Waals surface area contributed by atoms with E-state index in [-0.39, 0.29) is 17.9 Å². The van der Waals surface area contributed by atoms with E-state index in [1.807, 2.05) is 45.0 Å². The summed E-state index contributed by atoms with van der Waals surface area (Å²) >= 11 is 0. The maximum absolute atomic E-state index is 12.4. The highest BCUT2D eigenvalue weighted by Crippen LogP contribution is 2.24. The Labute approximate surface area is 174 Å². The van der Waals surface area contributed by atoms with E-state index < -0.39 is 18.1 Å². The van der Waals surface area contributed by atoms with E-state index in [0.717, 1.165) is 24.2 Å². The van der Waals surface area contributed by atoms with Gasteiger partial charge in [-0.3, -0.25) is 9.59 Å². The summed E-state index contributed by atoms with van der Waals surface area (Å²) in [7, 11) is 2.98. The highest BCUT2D eigenvalue weighted by atomic mass is 16.6. The molecule has 6 nitrogen and oxygen atoms in total. The molecular formula is C23H36O6. The van der Waals surface area contributed by atoms with Crippen molar-refractivity contribution in [3.8, 4) is 5.75 Å². The van der Waals surface area contributed by atoms with Crippen LogP contribution in [0.3, 0.4) is 0 Å². The Morgan fingerprint density at radius 1 is 1.03 bits per heavy atom. The Morgan fingerprint density at radius 2 is 1.69 bits per heavy atom. The van der Waals surface area contributed by atoms with Gasteiger partial charge in [0, 0.05) is 6.42 Å². The molecule has 0 N–H and O–H groups in total. The smallest absolute Gasteiger partial charge is 0.312 e. The zero-order valence-corrected chi connectivity index (χ0v) is 18.6. The molecule has 1 aromatic carbocycles. The van der Waals surface area contributed by atoms with E-state index in [9.17, 15) is 9.59 Å². The number of ether oxygens (including phenoxy) is 4. The Kier molecular flexibility index (Phi) is 11.4. The molecule has 1 aromatic rings. The summed E-state index contributed by atoms with van der Waals surface area (Å²) in [6.45, 7) is 8.13. The minimum atomic E-state index is -0.696. The van der Waals surface area contributed by atoms with E-state index in [4.69, 9.17) is 18.9 Å². The van der Waals surface area contributed by atoms with E-state index >= 15 is 0 Å². The van der Waals surface area contributed by atoms with Crippen LogP contribution in [0.25, 0.3) is 0 Å². The highest BCUT2D eigenvalue weighted by Gasteiger charge is 2.36. The summed E-state index contributed by atoms with van der Waals surface area (Å²) < 4.78 is 21.9. The van der Waals surface area contributed by atoms with Crippen LogP contribution in [0.4, 0.5) is 0 Å². The second kappa shape index (κ2) is 13.2. The fraction of sp³-hybridized carbons (Fsp3) is 0.652. The predicted octanol–water partition coefficient (Wildman–Crippen LogP) is 4.54. The number of benzene rings is 1. The molecule has 1 rings (SSSR count). The number of rotatable bonds is 13. The molecule has 0 radical (unpaired) electrons. The SMILES string of the molecule is CCCC[C@@H](C(=O)OC)[C@@H](OC(=O)CC(C)C)[C@H](C)OCc1ccc(OC)cc1. The van der Waals surface area contributed by atoms with Gasteiger partial charge in [-0.1, -0.05) is 45.7 Å². The van der Waals surface area contributed by atoms with Gasteiger partial charge in [0.25, 0.3) is 0 Å². The largest absolute Gasteiger partial charge is 0.497 e. The first kappa shape index (κ1) is 25.0. The Balaban J connectivity index is 2.92. The lowest BCUT2D eigenvalue weighted by atomic mass is 9.92. The molecule has 0 aromatic heterocycles. The molecule has 3 atom stereocenters. The summed E-state index contributed by atoms with van der Waals surface area (Å²) in [5.74, 6) is -0.309. The van der Waals surface area contributed by atoms with Crippen LogP contribution < -0.4 is 4.74 Å². The maximum Gasteiger partial charge on any atom is 0.312 e. The summed E-state index contributed by atoms with van der Waals surface area (Å²) in [6.07, 6.45) is 1.49. The van der Waals surface area contributed by atoms with Crippen LogP contribution in [0.5, 0.6) is 5.75 Å². The van der Waals surface area contributed by atoms with Crippen molar-refractivity contribution in [1.29, 1.82) is 0 Å². The Hall–Kier alpha value is -2.08. The monoisotopic (exact) mass is 408 g/mol. The van der Waals surface area contributed by atoms with Crippen LogP contribution >= 0.6 is 0 Å². The number of methoxy groups -OCH3 is 2. The first-order valence-corrected chi connectivity index (χ1v) is 10.3. The van der Waals surface area contributed by atoms with Crippen LogP contribution in [0.1, 0.15) is 58.9 Å². The number of unbranched alkanes of at least 4 members (excludes halogenated alkanes) is 1. The summed E-state index contributed by atoms with van der Waals surface area (Å²) in [5.41, 5.74) is 0.966. The van der Waals surface area contributed by atoms with Crippen LogP contribution in [-0.4, -0.2) is 38.4 Å². The third-order valence-electron chi connectivity index (χ3n) is 4.75. The zero-order valence-electron chi connectivity index (χ0n) is 18.6. The summed E-state index contributed by atoms with van der Waals surface area (Å²) in [4.78, 5) is 24.8. The van der Waals surface area contributed by atoms with Crippen LogP contribution in [0, 0.1) is 11.8 Å². The quantitative estimate of drug-likeness (QED) is 0.446. The summed E-state index contributed by atoms with van der Waals surface area (Å²) in [6, 6.07) is 7.56. The van der Waals surface area contributed by atoms with E-state index in [0.29, 0.717) is 19.4 Å². The van der Waals surface area contributed by atoms with Crippen molar-refractivity contribution in [3.05, 3.63) is 29.8 Å². The van der Waals surface area contributed by atoms with Crippen molar-refractivity contribution in [2.45, 2.75) is 72.2 Å². The average molecular weight is 409 g/mol. The molecule has 0 amide bonds. The lowest BCUT2D eigenvalue weighted by Gasteiger charge is -2.30. The molecule has 164 valence electrons. The fourth-order valence-corrected chi connectivity index (χ4v) is 3.07. The fourth-order valence-electron chi connectivity index (χ4n) is 3.07. The average Bonchev–Trinajstić information content (AvgIpc) is 2.70. The minimum Gasteiger partial charge on any atom is -0.497 e. The van der Waals surface area contributed by atoms with Crippen molar-refractivity contribution >= 4 is 11.9 Å². The van der Waals surface area contributed by atoms with Gasteiger partial charge in [0.1, 0.15) is 11.9 Å². The van der Waals surface area contributed by atoms with Gasteiger partial charge < -0.3 is 18.9 Å². The van der Waals surface area contributed by atoms with Gasteiger partial charge in [-0.25, -0.2) is 0 Å². The molecule has 0 spiro atoms. The van der Waals surface area contributed by atoms with Crippen LogP contribution in [0.2, 0.25) is 0 Å². The second-order valence-corrected chi connectivity index (χ2v) is 7.69. The number of carbonyl (C=O) groups excluding carboxylic acids is 2.